The molecule has 2 unspecified atom stereocenters. The van der Waals surface area contributed by atoms with Crippen molar-refractivity contribution in [2.75, 3.05) is 0 Å². The van der Waals surface area contributed by atoms with Crippen molar-refractivity contribution in [3.05, 3.63) is 0 Å². The summed E-state index contributed by atoms with van der Waals surface area (Å²) in [6, 6.07) is 1.22. The van der Waals surface area contributed by atoms with Crippen LogP contribution in [0.3, 0.4) is 0 Å². The van der Waals surface area contributed by atoms with Gasteiger partial charge in [-0.1, -0.05) is 20.8 Å². The van der Waals surface area contributed by atoms with E-state index in [1.165, 1.54) is 25.7 Å². The van der Waals surface area contributed by atoms with Gasteiger partial charge in [0.1, 0.15) is 0 Å². The molecule has 3 rings (SSSR count). The van der Waals surface area contributed by atoms with Crippen LogP contribution in [-0.2, 0) is 4.79 Å². The number of hydrogen-bond donors (Lipinski definition) is 1. The fraction of sp³-hybridized carbons (Fsp3) is 0.944. The monoisotopic (exact) mass is 292 g/mol. The van der Waals surface area contributed by atoms with Crippen LogP contribution in [0.1, 0.15) is 72.1 Å². The zero-order valence-corrected chi connectivity index (χ0v) is 14.0. The number of carbonyl (C=O) groups is 1. The molecule has 0 aromatic rings. The van der Waals surface area contributed by atoms with Crippen LogP contribution in [0.2, 0.25) is 0 Å². The Hall–Kier alpha value is -0.570. The number of amides is 1. The number of hydrogen-bond acceptors (Lipinski definition) is 2. The molecule has 0 aromatic heterocycles. The van der Waals surface area contributed by atoms with Crippen molar-refractivity contribution < 1.29 is 4.79 Å². The number of nitrogens with two attached hydrogens (primary N) is 1. The molecule has 1 amide bonds. The maximum Gasteiger partial charge on any atom is 0.226 e. The fourth-order valence-electron chi connectivity index (χ4n) is 5.00. The molecule has 0 aromatic carbocycles. The highest BCUT2D eigenvalue weighted by Gasteiger charge is 2.44. The van der Waals surface area contributed by atoms with E-state index in [1.807, 2.05) is 0 Å². The molecule has 3 heteroatoms. The summed E-state index contributed by atoms with van der Waals surface area (Å²) in [6.07, 6.45) is 9.07. The SMILES string of the molecule is CC(C)(C)C1CCC(C(=O)N2C3CCC2CC(N)C3)CC1. The second-order valence-corrected chi connectivity index (χ2v) is 8.78. The van der Waals surface area contributed by atoms with Crippen molar-refractivity contribution in [1.29, 1.82) is 0 Å². The predicted octanol–water partition coefficient (Wildman–Crippen LogP) is 3.32. The lowest BCUT2D eigenvalue weighted by Crippen LogP contribution is -2.52. The summed E-state index contributed by atoms with van der Waals surface area (Å²) in [5.74, 6) is 1.54. The maximum absolute atomic E-state index is 13.0. The van der Waals surface area contributed by atoms with Gasteiger partial charge in [-0.2, -0.15) is 0 Å². The van der Waals surface area contributed by atoms with Crippen molar-refractivity contribution in [2.45, 2.75) is 90.3 Å². The summed E-state index contributed by atoms with van der Waals surface area (Å²) in [6.45, 7) is 7.02. The molecule has 0 radical (unpaired) electrons. The van der Waals surface area contributed by atoms with E-state index in [-0.39, 0.29) is 0 Å². The molecule has 2 atom stereocenters. The second kappa shape index (κ2) is 5.57. The number of carbonyl (C=O) groups excluding carboxylic acids is 1. The second-order valence-electron chi connectivity index (χ2n) is 8.78. The average molecular weight is 292 g/mol. The summed E-state index contributed by atoms with van der Waals surface area (Å²) < 4.78 is 0. The number of fused-ring (bicyclic) bond motifs is 2. The number of nitrogens with zero attached hydrogens (tertiary/aromatic N) is 1. The van der Waals surface area contributed by atoms with Crippen molar-refractivity contribution in [1.82, 2.24) is 4.90 Å². The quantitative estimate of drug-likeness (QED) is 0.806. The molecule has 120 valence electrons. The van der Waals surface area contributed by atoms with Crippen LogP contribution in [0.25, 0.3) is 0 Å². The summed E-state index contributed by atoms with van der Waals surface area (Å²) in [5.41, 5.74) is 6.52. The largest absolute Gasteiger partial charge is 0.336 e. The van der Waals surface area contributed by atoms with Gasteiger partial charge in [0.05, 0.1) is 0 Å². The highest BCUT2D eigenvalue weighted by molar-refractivity contribution is 5.80. The Labute approximate surface area is 129 Å². The van der Waals surface area contributed by atoms with Gasteiger partial charge in [-0.25, -0.2) is 0 Å². The van der Waals surface area contributed by atoms with E-state index in [4.69, 9.17) is 5.73 Å². The molecule has 1 saturated carbocycles. The highest BCUT2D eigenvalue weighted by Crippen LogP contribution is 2.42. The van der Waals surface area contributed by atoms with E-state index in [9.17, 15) is 4.79 Å². The molecule has 21 heavy (non-hydrogen) atoms. The van der Waals surface area contributed by atoms with Gasteiger partial charge in [0.25, 0.3) is 0 Å². The predicted molar refractivity (Wildman–Crippen MR) is 85.8 cm³/mol. The minimum Gasteiger partial charge on any atom is -0.336 e. The lowest BCUT2D eigenvalue weighted by Gasteiger charge is -2.42. The molecule has 2 saturated heterocycles. The molecule has 2 heterocycles. The van der Waals surface area contributed by atoms with E-state index in [0.717, 1.165) is 31.6 Å². The van der Waals surface area contributed by atoms with E-state index in [1.54, 1.807) is 0 Å². The maximum atomic E-state index is 13.0. The molecule has 3 nitrogen and oxygen atoms in total. The fourth-order valence-corrected chi connectivity index (χ4v) is 5.00. The summed E-state index contributed by atoms with van der Waals surface area (Å²) in [7, 11) is 0. The van der Waals surface area contributed by atoms with Gasteiger partial charge in [-0.15, -0.1) is 0 Å². The first-order valence-electron chi connectivity index (χ1n) is 8.94. The number of rotatable bonds is 1. The van der Waals surface area contributed by atoms with Gasteiger partial charge >= 0.3 is 0 Å². The van der Waals surface area contributed by atoms with Gasteiger partial charge in [0, 0.05) is 24.0 Å². The van der Waals surface area contributed by atoms with Gasteiger partial charge in [0.2, 0.25) is 5.91 Å². The van der Waals surface area contributed by atoms with E-state index >= 15 is 0 Å². The minimum absolute atomic E-state index is 0.293. The third kappa shape index (κ3) is 2.99. The molecule has 1 aliphatic carbocycles. The van der Waals surface area contributed by atoms with Gasteiger partial charge in [0.15, 0.2) is 0 Å². The molecule has 2 N–H and O–H groups in total. The van der Waals surface area contributed by atoms with Crippen LogP contribution in [0.4, 0.5) is 0 Å². The minimum atomic E-state index is 0.293. The van der Waals surface area contributed by atoms with Crippen LogP contribution in [-0.4, -0.2) is 28.9 Å². The van der Waals surface area contributed by atoms with Crippen molar-refractivity contribution >= 4 is 5.91 Å². The topological polar surface area (TPSA) is 46.3 Å². The number of piperidine rings is 1. The third-order valence-electron chi connectivity index (χ3n) is 6.33. The Kier molecular flexibility index (Phi) is 4.06. The van der Waals surface area contributed by atoms with Gasteiger partial charge in [-0.3, -0.25) is 4.79 Å². The standard InChI is InChI=1S/C18H32N2O/c1-18(2,3)13-6-4-12(5-7-13)17(21)20-15-8-9-16(20)11-14(19)10-15/h12-16H,4-11,19H2,1-3H3. The van der Waals surface area contributed by atoms with Crippen LogP contribution in [0.5, 0.6) is 0 Å². The average Bonchev–Trinajstić information content (AvgIpc) is 2.69. The Morgan fingerprint density at radius 2 is 1.48 bits per heavy atom. The van der Waals surface area contributed by atoms with Crippen molar-refractivity contribution in [2.24, 2.45) is 23.0 Å². The van der Waals surface area contributed by atoms with Crippen LogP contribution >= 0.6 is 0 Å². The molecular formula is C18H32N2O. The molecule has 2 aliphatic heterocycles. The Bertz CT molecular complexity index is 379. The first-order chi connectivity index (χ1) is 9.86. The molecule has 3 aliphatic rings. The van der Waals surface area contributed by atoms with Crippen LogP contribution in [0.15, 0.2) is 0 Å². The first-order valence-corrected chi connectivity index (χ1v) is 8.94. The molecule has 2 bridgehead atoms. The van der Waals surface area contributed by atoms with Crippen molar-refractivity contribution in [3.63, 3.8) is 0 Å². The Morgan fingerprint density at radius 1 is 0.952 bits per heavy atom. The normalized spacial score (nSPS) is 40.4. The summed E-state index contributed by atoms with van der Waals surface area (Å²) in [5, 5.41) is 0. The Balaban J connectivity index is 1.60. The van der Waals surface area contributed by atoms with E-state index < -0.39 is 0 Å². The molecular weight excluding hydrogens is 260 g/mol. The highest BCUT2D eigenvalue weighted by atomic mass is 16.2. The van der Waals surface area contributed by atoms with Crippen LogP contribution < -0.4 is 5.73 Å². The van der Waals surface area contributed by atoms with Gasteiger partial charge < -0.3 is 10.6 Å². The van der Waals surface area contributed by atoms with Crippen LogP contribution in [0, 0.1) is 17.3 Å². The summed E-state index contributed by atoms with van der Waals surface area (Å²) in [4.78, 5) is 15.2. The zero-order chi connectivity index (χ0) is 15.2. The van der Waals surface area contributed by atoms with Crippen molar-refractivity contribution in [3.8, 4) is 0 Å². The van der Waals surface area contributed by atoms with E-state index in [2.05, 4.69) is 25.7 Å². The Morgan fingerprint density at radius 3 is 1.95 bits per heavy atom. The first kappa shape index (κ1) is 15.3. The van der Waals surface area contributed by atoms with E-state index in [0.29, 0.717) is 35.4 Å². The molecule has 0 spiro atoms. The molecule has 3 fully saturated rings. The lowest BCUT2D eigenvalue weighted by molar-refractivity contribution is -0.141. The third-order valence-corrected chi connectivity index (χ3v) is 6.33. The zero-order valence-electron chi connectivity index (χ0n) is 14.0. The smallest absolute Gasteiger partial charge is 0.226 e. The van der Waals surface area contributed by atoms with Gasteiger partial charge in [-0.05, 0) is 62.7 Å². The lowest BCUT2D eigenvalue weighted by atomic mass is 9.69. The summed E-state index contributed by atoms with van der Waals surface area (Å²) >= 11 is 0.